The molecule has 0 aliphatic heterocycles. The first-order chi connectivity index (χ1) is 5.08. The molecule has 0 unspecified atom stereocenters. The first kappa shape index (κ1) is 25.1. The molecule has 1 aromatic rings. The SMILES string of the molecule is O.O.O=P(O)(O)Oc1ccccc1.[NaH].[NaH]. The molecule has 0 amide bonds. The zero-order valence-corrected chi connectivity index (χ0v) is 7.44. The number of phosphoric acid groups is 1. The van der Waals surface area contributed by atoms with E-state index in [9.17, 15) is 4.57 Å². The Labute approximate surface area is 131 Å². The molecule has 0 aliphatic carbocycles. The van der Waals surface area contributed by atoms with Gasteiger partial charge in [-0.1, -0.05) is 18.2 Å². The molecule has 0 heterocycles. The van der Waals surface area contributed by atoms with Gasteiger partial charge in [-0.2, -0.15) is 0 Å². The van der Waals surface area contributed by atoms with E-state index in [1.807, 2.05) is 0 Å². The van der Waals surface area contributed by atoms with Gasteiger partial charge in [0.1, 0.15) is 5.75 Å². The molecule has 0 radical (unpaired) electrons. The van der Waals surface area contributed by atoms with E-state index >= 15 is 0 Å². The molecule has 6 nitrogen and oxygen atoms in total. The average molecular weight is 258 g/mol. The first-order valence-electron chi connectivity index (χ1n) is 2.88. The Morgan fingerprint density at radius 2 is 1.40 bits per heavy atom. The quantitative estimate of drug-likeness (QED) is 0.479. The molecule has 0 bridgehead atoms. The summed E-state index contributed by atoms with van der Waals surface area (Å²) < 4.78 is 14.5. The van der Waals surface area contributed by atoms with Gasteiger partial charge in [-0.25, -0.2) is 4.57 Å². The van der Waals surface area contributed by atoms with Crippen LogP contribution in [0.5, 0.6) is 5.75 Å². The van der Waals surface area contributed by atoms with Crippen molar-refractivity contribution >= 4 is 66.9 Å². The molecule has 0 atom stereocenters. The average Bonchev–Trinajstić information content (AvgIpc) is 1.85. The summed E-state index contributed by atoms with van der Waals surface area (Å²) in [5, 5.41) is 0. The molecule has 80 valence electrons. The summed E-state index contributed by atoms with van der Waals surface area (Å²) in [5.74, 6) is 0.167. The van der Waals surface area contributed by atoms with E-state index in [2.05, 4.69) is 4.52 Å². The number of hydrogen-bond donors (Lipinski definition) is 2. The fourth-order valence-electron chi connectivity index (χ4n) is 0.619. The van der Waals surface area contributed by atoms with Crippen LogP contribution in [-0.4, -0.2) is 79.9 Å². The Kier molecular flexibility index (Phi) is 19.3. The van der Waals surface area contributed by atoms with Gasteiger partial charge >= 0.3 is 66.9 Å². The van der Waals surface area contributed by atoms with Crippen molar-refractivity contribution in [1.82, 2.24) is 0 Å². The van der Waals surface area contributed by atoms with E-state index in [0.29, 0.717) is 0 Å². The Balaban J connectivity index is -0.000000151. The van der Waals surface area contributed by atoms with Crippen LogP contribution in [0.3, 0.4) is 0 Å². The Bertz CT molecular complexity index is 276. The third-order valence-corrected chi connectivity index (χ3v) is 1.42. The molecule has 9 heteroatoms. The van der Waals surface area contributed by atoms with Crippen LogP contribution in [0.25, 0.3) is 0 Å². The maximum absolute atomic E-state index is 10.3. The predicted molar refractivity (Wildman–Crippen MR) is 60.6 cm³/mol. The van der Waals surface area contributed by atoms with Crippen molar-refractivity contribution in [3.8, 4) is 5.75 Å². The van der Waals surface area contributed by atoms with Gasteiger partial charge in [-0.05, 0) is 12.1 Å². The van der Waals surface area contributed by atoms with Gasteiger partial charge in [0.15, 0.2) is 0 Å². The Hall–Kier alpha value is 1.09. The molecule has 0 spiro atoms. The molecular weight excluding hydrogens is 245 g/mol. The van der Waals surface area contributed by atoms with Crippen LogP contribution >= 0.6 is 7.82 Å². The van der Waals surface area contributed by atoms with Crippen molar-refractivity contribution in [2.45, 2.75) is 0 Å². The molecule has 0 saturated heterocycles. The predicted octanol–water partition coefficient (Wildman–Crippen LogP) is -1.79. The summed E-state index contributed by atoms with van der Waals surface area (Å²) in [5.41, 5.74) is 0. The van der Waals surface area contributed by atoms with Crippen molar-refractivity contribution in [2.24, 2.45) is 0 Å². The van der Waals surface area contributed by atoms with E-state index in [0.717, 1.165) is 0 Å². The molecule has 0 aliphatic rings. The molecular formula is C6H13Na2O6P. The second-order valence-electron chi connectivity index (χ2n) is 1.89. The van der Waals surface area contributed by atoms with Gasteiger partial charge in [-0.15, -0.1) is 0 Å². The number of phosphoric ester groups is 1. The number of rotatable bonds is 2. The Morgan fingerprint density at radius 3 is 1.73 bits per heavy atom. The van der Waals surface area contributed by atoms with Gasteiger partial charge in [0, 0.05) is 0 Å². The first-order valence-corrected chi connectivity index (χ1v) is 4.41. The monoisotopic (exact) mass is 258 g/mol. The third-order valence-electron chi connectivity index (χ3n) is 0.968. The summed E-state index contributed by atoms with van der Waals surface area (Å²) in [6.45, 7) is 0. The number of hydrogen-bond acceptors (Lipinski definition) is 2. The second-order valence-corrected chi connectivity index (χ2v) is 3.06. The van der Waals surface area contributed by atoms with Crippen LogP contribution in [0.2, 0.25) is 0 Å². The summed E-state index contributed by atoms with van der Waals surface area (Å²) in [6.07, 6.45) is 0. The summed E-state index contributed by atoms with van der Waals surface area (Å²) in [6, 6.07) is 7.93. The van der Waals surface area contributed by atoms with Crippen molar-refractivity contribution < 1.29 is 29.8 Å². The van der Waals surface area contributed by atoms with E-state index in [-0.39, 0.29) is 75.8 Å². The molecule has 0 fully saturated rings. The van der Waals surface area contributed by atoms with Crippen LogP contribution < -0.4 is 4.52 Å². The molecule has 6 N–H and O–H groups in total. The van der Waals surface area contributed by atoms with Gasteiger partial charge in [0.25, 0.3) is 0 Å². The van der Waals surface area contributed by atoms with Crippen LogP contribution in [-0.2, 0) is 4.57 Å². The fourth-order valence-corrected chi connectivity index (χ4v) is 1.02. The van der Waals surface area contributed by atoms with Crippen molar-refractivity contribution in [3.63, 3.8) is 0 Å². The van der Waals surface area contributed by atoms with E-state index in [1.165, 1.54) is 12.1 Å². The molecule has 0 saturated carbocycles. The number of para-hydroxylation sites is 1. The molecule has 1 rings (SSSR count). The third kappa shape index (κ3) is 13.0. The van der Waals surface area contributed by atoms with Crippen LogP contribution in [0.4, 0.5) is 0 Å². The topological polar surface area (TPSA) is 130 Å². The summed E-state index contributed by atoms with van der Waals surface area (Å²) >= 11 is 0. The van der Waals surface area contributed by atoms with E-state index in [1.54, 1.807) is 18.2 Å². The molecule has 1 aromatic carbocycles. The van der Waals surface area contributed by atoms with Crippen LogP contribution in [0, 0.1) is 0 Å². The van der Waals surface area contributed by atoms with Gasteiger partial charge in [-0.3, -0.25) is 9.79 Å². The summed E-state index contributed by atoms with van der Waals surface area (Å²) in [4.78, 5) is 16.7. The van der Waals surface area contributed by atoms with Crippen LogP contribution in [0.1, 0.15) is 0 Å². The van der Waals surface area contributed by atoms with Gasteiger partial charge in [0.2, 0.25) is 0 Å². The molecule has 15 heavy (non-hydrogen) atoms. The van der Waals surface area contributed by atoms with Gasteiger partial charge < -0.3 is 15.5 Å². The van der Waals surface area contributed by atoms with Crippen molar-refractivity contribution in [3.05, 3.63) is 30.3 Å². The van der Waals surface area contributed by atoms with Crippen molar-refractivity contribution in [2.75, 3.05) is 0 Å². The normalized spacial score (nSPS) is 8.13. The number of benzene rings is 1. The minimum atomic E-state index is -4.39. The minimum absolute atomic E-state index is 0. The van der Waals surface area contributed by atoms with Crippen molar-refractivity contribution in [1.29, 1.82) is 0 Å². The van der Waals surface area contributed by atoms with Crippen LogP contribution in [0.15, 0.2) is 30.3 Å². The zero-order valence-electron chi connectivity index (χ0n) is 6.54. The second kappa shape index (κ2) is 11.6. The molecule has 0 aromatic heterocycles. The standard InChI is InChI=1S/C6H7O4P.2Na.2H2O.2H/c7-11(8,9)10-6-4-2-1-3-5-6;;;;;;/h1-5H,(H2,7,8,9);;;2*1H2;;. The van der Waals surface area contributed by atoms with E-state index in [4.69, 9.17) is 9.79 Å². The fraction of sp³-hybridized carbons (Fsp3) is 0. The van der Waals surface area contributed by atoms with E-state index < -0.39 is 7.82 Å². The zero-order chi connectivity index (χ0) is 8.32. The summed E-state index contributed by atoms with van der Waals surface area (Å²) in [7, 11) is -4.39. The maximum atomic E-state index is 10.3. The Morgan fingerprint density at radius 1 is 1.00 bits per heavy atom. The van der Waals surface area contributed by atoms with Gasteiger partial charge in [0.05, 0.1) is 0 Å².